The Morgan fingerprint density at radius 2 is 2.24 bits per heavy atom. The fourth-order valence-electron chi connectivity index (χ4n) is 1.83. The van der Waals surface area contributed by atoms with Crippen LogP contribution < -0.4 is 0 Å². The molecule has 2 aromatic rings. The third-order valence-corrected chi connectivity index (χ3v) is 2.83. The van der Waals surface area contributed by atoms with Gasteiger partial charge in [0.25, 0.3) is 0 Å². The van der Waals surface area contributed by atoms with E-state index in [2.05, 4.69) is 5.10 Å². The van der Waals surface area contributed by atoms with Crippen molar-refractivity contribution in [3.8, 4) is 0 Å². The molecule has 0 saturated heterocycles. The number of rotatable bonds is 3. The van der Waals surface area contributed by atoms with Crippen molar-refractivity contribution in [1.82, 2.24) is 9.78 Å². The van der Waals surface area contributed by atoms with Crippen molar-refractivity contribution in [3.05, 3.63) is 53.1 Å². The molecule has 1 aromatic heterocycles. The van der Waals surface area contributed by atoms with E-state index in [0.717, 1.165) is 16.7 Å². The van der Waals surface area contributed by atoms with Gasteiger partial charge in [-0.3, -0.25) is 4.68 Å². The summed E-state index contributed by atoms with van der Waals surface area (Å²) >= 11 is 0. The van der Waals surface area contributed by atoms with Gasteiger partial charge in [-0.15, -0.1) is 0 Å². The molecule has 0 aliphatic rings. The Balaban J connectivity index is 2.15. The van der Waals surface area contributed by atoms with E-state index in [4.69, 9.17) is 0 Å². The highest BCUT2D eigenvalue weighted by Crippen LogP contribution is 2.20. The van der Waals surface area contributed by atoms with E-state index in [1.807, 2.05) is 6.92 Å². The number of nitrogens with zero attached hydrogens (tertiary/aromatic N) is 2. The first-order chi connectivity index (χ1) is 8.06. The molecule has 17 heavy (non-hydrogen) atoms. The average Bonchev–Trinajstić information content (AvgIpc) is 2.69. The first-order valence-corrected chi connectivity index (χ1v) is 5.48. The van der Waals surface area contributed by atoms with E-state index >= 15 is 0 Å². The standard InChI is InChI=1S/C13H15FN2O/c1-9-5-12(14)4-3-10(9)6-13(17)11-7-15-16(2)8-11/h3-5,7-8,13,17H,6H2,1-2H3. The van der Waals surface area contributed by atoms with Crippen molar-refractivity contribution in [1.29, 1.82) is 0 Å². The van der Waals surface area contributed by atoms with E-state index in [-0.39, 0.29) is 5.82 Å². The maximum atomic E-state index is 12.9. The van der Waals surface area contributed by atoms with E-state index < -0.39 is 6.10 Å². The van der Waals surface area contributed by atoms with Crippen LogP contribution in [0.25, 0.3) is 0 Å². The lowest BCUT2D eigenvalue weighted by Crippen LogP contribution is -2.02. The largest absolute Gasteiger partial charge is 0.388 e. The number of hydrogen-bond donors (Lipinski definition) is 1. The molecule has 0 radical (unpaired) electrons. The number of hydrogen-bond acceptors (Lipinski definition) is 2. The lowest BCUT2D eigenvalue weighted by molar-refractivity contribution is 0.178. The number of halogens is 1. The minimum atomic E-state index is -0.604. The van der Waals surface area contributed by atoms with Gasteiger partial charge in [-0.25, -0.2) is 4.39 Å². The fourth-order valence-corrected chi connectivity index (χ4v) is 1.83. The monoisotopic (exact) mass is 234 g/mol. The van der Waals surface area contributed by atoms with Gasteiger partial charge < -0.3 is 5.11 Å². The van der Waals surface area contributed by atoms with Crippen molar-refractivity contribution >= 4 is 0 Å². The summed E-state index contributed by atoms with van der Waals surface area (Å²) in [6.45, 7) is 1.84. The van der Waals surface area contributed by atoms with Crippen molar-refractivity contribution in [2.75, 3.05) is 0 Å². The summed E-state index contributed by atoms with van der Waals surface area (Å²) < 4.78 is 14.6. The molecule has 3 nitrogen and oxygen atoms in total. The van der Waals surface area contributed by atoms with Crippen molar-refractivity contribution in [2.45, 2.75) is 19.4 Å². The van der Waals surface area contributed by atoms with Crippen LogP contribution >= 0.6 is 0 Å². The van der Waals surface area contributed by atoms with Gasteiger partial charge in [-0.05, 0) is 30.2 Å². The van der Waals surface area contributed by atoms with Crippen molar-refractivity contribution < 1.29 is 9.50 Å². The van der Waals surface area contributed by atoms with Crippen LogP contribution in [0.4, 0.5) is 4.39 Å². The molecule has 1 aromatic carbocycles. The SMILES string of the molecule is Cc1cc(F)ccc1CC(O)c1cnn(C)c1. The maximum Gasteiger partial charge on any atom is 0.123 e. The minimum absolute atomic E-state index is 0.248. The van der Waals surface area contributed by atoms with E-state index in [0.29, 0.717) is 6.42 Å². The van der Waals surface area contributed by atoms with Crippen LogP contribution in [0.5, 0.6) is 0 Å². The summed E-state index contributed by atoms with van der Waals surface area (Å²) in [5.41, 5.74) is 2.58. The lowest BCUT2D eigenvalue weighted by atomic mass is 10.00. The Hall–Kier alpha value is -1.68. The molecule has 1 heterocycles. The van der Waals surface area contributed by atoms with Crippen molar-refractivity contribution in [2.24, 2.45) is 7.05 Å². The van der Waals surface area contributed by atoms with Crippen LogP contribution in [0, 0.1) is 12.7 Å². The van der Waals surface area contributed by atoms with Crippen LogP contribution in [-0.4, -0.2) is 14.9 Å². The molecule has 1 unspecified atom stereocenters. The summed E-state index contributed by atoms with van der Waals surface area (Å²) in [7, 11) is 1.80. The van der Waals surface area contributed by atoms with Crippen LogP contribution in [0.15, 0.2) is 30.6 Å². The molecule has 0 bridgehead atoms. The molecule has 0 aliphatic heterocycles. The highest BCUT2D eigenvalue weighted by atomic mass is 19.1. The molecule has 2 rings (SSSR count). The Morgan fingerprint density at radius 3 is 2.82 bits per heavy atom. The predicted octanol–water partition coefficient (Wildman–Crippen LogP) is 2.14. The average molecular weight is 234 g/mol. The summed E-state index contributed by atoms with van der Waals surface area (Å²) in [6.07, 6.45) is 3.29. The zero-order valence-electron chi connectivity index (χ0n) is 9.89. The molecule has 0 amide bonds. The molecular weight excluding hydrogens is 219 g/mol. The second-order valence-corrected chi connectivity index (χ2v) is 4.24. The highest BCUT2D eigenvalue weighted by Gasteiger charge is 2.12. The molecule has 0 aliphatic carbocycles. The second kappa shape index (κ2) is 4.67. The molecule has 0 saturated carbocycles. The van der Waals surface area contributed by atoms with Crippen molar-refractivity contribution in [3.63, 3.8) is 0 Å². The lowest BCUT2D eigenvalue weighted by Gasteiger charge is -2.10. The highest BCUT2D eigenvalue weighted by molar-refractivity contribution is 5.28. The zero-order valence-corrected chi connectivity index (χ0v) is 9.89. The Bertz CT molecular complexity index is 522. The van der Waals surface area contributed by atoms with Crippen LogP contribution in [0.2, 0.25) is 0 Å². The summed E-state index contributed by atoms with van der Waals surface area (Å²) in [5, 5.41) is 14.0. The van der Waals surface area contributed by atoms with Gasteiger partial charge >= 0.3 is 0 Å². The summed E-state index contributed by atoms with van der Waals surface area (Å²) in [4.78, 5) is 0. The van der Waals surface area contributed by atoms with Gasteiger partial charge in [-0.2, -0.15) is 5.10 Å². The molecule has 0 spiro atoms. The second-order valence-electron chi connectivity index (χ2n) is 4.24. The molecule has 90 valence electrons. The van der Waals surface area contributed by atoms with Crippen LogP contribution in [0.1, 0.15) is 22.8 Å². The number of aliphatic hydroxyl groups excluding tert-OH is 1. The third-order valence-electron chi connectivity index (χ3n) is 2.83. The van der Waals surface area contributed by atoms with E-state index in [1.165, 1.54) is 12.1 Å². The number of aliphatic hydroxyl groups is 1. The Labute approximate surface area is 99.5 Å². The first kappa shape index (κ1) is 11.8. The van der Waals surface area contributed by atoms with Gasteiger partial charge in [0, 0.05) is 25.2 Å². The van der Waals surface area contributed by atoms with Gasteiger partial charge in [0.1, 0.15) is 5.82 Å². The maximum absolute atomic E-state index is 12.9. The fraction of sp³-hybridized carbons (Fsp3) is 0.308. The smallest absolute Gasteiger partial charge is 0.123 e. The Morgan fingerprint density at radius 1 is 1.47 bits per heavy atom. The number of aryl methyl sites for hydroxylation is 2. The third kappa shape index (κ3) is 2.71. The molecule has 1 N–H and O–H groups in total. The van der Waals surface area contributed by atoms with Gasteiger partial charge in [0.2, 0.25) is 0 Å². The molecule has 1 atom stereocenters. The number of benzene rings is 1. The van der Waals surface area contributed by atoms with E-state index in [9.17, 15) is 9.50 Å². The van der Waals surface area contributed by atoms with E-state index in [1.54, 1.807) is 30.2 Å². The van der Waals surface area contributed by atoms with Gasteiger partial charge in [0.05, 0.1) is 12.3 Å². The van der Waals surface area contributed by atoms with Gasteiger partial charge in [0.15, 0.2) is 0 Å². The van der Waals surface area contributed by atoms with Crippen LogP contribution in [-0.2, 0) is 13.5 Å². The molecular formula is C13H15FN2O. The molecule has 4 heteroatoms. The first-order valence-electron chi connectivity index (χ1n) is 5.48. The normalized spacial score (nSPS) is 12.7. The quantitative estimate of drug-likeness (QED) is 0.883. The molecule has 0 fully saturated rings. The zero-order chi connectivity index (χ0) is 12.4. The topological polar surface area (TPSA) is 38.1 Å². The number of aromatic nitrogens is 2. The summed E-state index contributed by atoms with van der Waals surface area (Å²) in [5.74, 6) is -0.248. The van der Waals surface area contributed by atoms with Crippen LogP contribution in [0.3, 0.4) is 0 Å². The predicted molar refractivity (Wildman–Crippen MR) is 63.0 cm³/mol. The van der Waals surface area contributed by atoms with Gasteiger partial charge in [-0.1, -0.05) is 6.07 Å². The minimum Gasteiger partial charge on any atom is -0.388 e. The Kier molecular flexibility index (Phi) is 3.24. The summed E-state index contributed by atoms with van der Waals surface area (Å²) in [6, 6.07) is 4.61.